The number of alkyl halides is 4. The minimum atomic E-state index is -5.19. The average molecular weight is 606 g/mol. The highest BCUT2D eigenvalue weighted by Gasteiger charge is 2.62. The van der Waals surface area contributed by atoms with Crippen molar-refractivity contribution in [2.45, 2.75) is 66.6 Å². The highest BCUT2D eigenvalue weighted by atomic mass is 32.2. The molecule has 1 amide bonds. The molecule has 5 rings (SSSR count). The van der Waals surface area contributed by atoms with Gasteiger partial charge < -0.3 is 5.32 Å². The minimum Gasteiger partial charge on any atom is -0.352 e. The number of benzene rings is 2. The van der Waals surface area contributed by atoms with Crippen molar-refractivity contribution in [2.75, 3.05) is 11.5 Å². The van der Waals surface area contributed by atoms with Crippen LogP contribution in [0.5, 0.6) is 0 Å². The molecule has 13 heteroatoms. The molecular weight excluding hydrogens is 577 g/mol. The number of sulfone groups is 2. The molecule has 1 N–H and O–H groups in total. The molecule has 6 nitrogen and oxygen atoms in total. The molecule has 5 atom stereocenters. The number of hydrogen-bond donors (Lipinski definition) is 1. The Kier molecular flexibility index (Phi) is 6.88. The van der Waals surface area contributed by atoms with Gasteiger partial charge in [-0.05, 0) is 85.9 Å². The number of amides is 1. The molecule has 2 unspecified atom stereocenters. The number of aryl methyl sites for hydroxylation is 1. The van der Waals surface area contributed by atoms with E-state index in [0.717, 1.165) is 36.4 Å². The molecule has 3 aliphatic rings. The second-order valence-electron chi connectivity index (χ2n) is 11.1. The Morgan fingerprint density at radius 2 is 1.70 bits per heavy atom. The Labute approximate surface area is 229 Å². The van der Waals surface area contributed by atoms with Gasteiger partial charge >= 0.3 is 6.18 Å². The molecular formula is C27H28F5NO5S2. The van der Waals surface area contributed by atoms with E-state index in [1.54, 1.807) is 0 Å². The zero-order valence-electron chi connectivity index (χ0n) is 21.5. The van der Waals surface area contributed by atoms with Gasteiger partial charge in [0.15, 0.2) is 19.7 Å². The predicted molar refractivity (Wildman–Crippen MR) is 136 cm³/mol. The Bertz CT molecular complexity index is 1550. The number of carbonyl (C=O) groups excluding carboxylic acids is 1. The Morgan fingerprint density at radius 3 is 2.30 bits per heavy atom. The molecule has 2 aliphatic carbocycles. The lowest BCUT2D eigenvalue weighted by molar-refractivity contribution is -0.228. The molecule has 1 saturated carbocycles. The van der Waals surface area contributed by atoms with E-state index in [2.05, 4.69) is 5.32 Å². The lowest BCUT2D eigenvalue weighted by Gasteiger charge is -2.42. The molecule has 2 aromatic rings. The van der Waals surface area contributed by atoms with E-state index < -0.39 is 71.4 Å². The zero-order chi connectivity index (χ0) is 29.3. The van der Waals surface area contributed by atoms with E-state index in [-0.39, 0.29) is 59.6 Å². The van der Waals surface area contributed by atoms with Crippen LogP contribution in [0.15, 0.2) is 47.4 Å². The van der Waals surface area contributed by atoms with Crippen molar-refractivity contribution >= 4 is 25.6 Å². The first-order valence-electron chi connectivity index (χ1n) is 12.9. The van der Waals surface area contributed by atoms with Crippen LogP contribution in [-0.4, -0.2) is 46.5 Å². The van der Waals surface area contributed by atoms with Crippen molar-refractivity contribution in [3.8, 4) is 0 Å². The van der Waals surface area contributed by atoms with E-state index in [1.807, 2.05) is 0 Å². The van der Waals surface area contributed by atoms with Crippen molar-refractivity contribution in [1.29, 1.82) is 0 Å². The average Bonchev–Trinajstić information content (AvgIpc) is 3.44. The summed E-state index contributed by atoms with van der Waals surface area (Å²) < 4.78 is 120. The molecule has 0 bridgehead atoms. The number of carbonyl (C=O) groups is 1. The maximum absolute atomic E-state index is 14.8. The van der Waals surface area contributed by atoms with E-state index in [9.17, 15) is 43.6 Å². The summed E-state index contributed by atoms with van der Waals surface area (Å²) in [6.45, 7) is 0.407. The molecule has 40 heavy (non-hydrogen) atoms. The molecule has 218 valence electrons. The van der Waals surface area contributed by atoms with Gasteiger partial charge in [-0.2, -0.15) is 13.2 Å². The third-order valence-electron chi connectivity index (χ3n) is 8.79. The summed E-state index contributed by atoms with van der Waals surface area (Å²) >= 11 is 0. The van der Waals surface area contributed by atoms with Crippen LogP contribution in [0.3, 0.4) is 0 Å². The summed E-state index contributed by atoms with van der Waals surface area (Å²) in [5.74, 6) is -3.01. The quantitative estimate of drug-likeness (QED) is 0.400. The summed E-state index contributed by atoms with van der Waals surface area (Å²) in [4.78, 5) is 13.2. The second-order valence-corrected chi connectivity index (χ2v) is 15.6. The molecule has 1 saturated heterocycles. The van der Waals surface area contributed by atoms with Crippen molar-refractivity contribution in [2.24, 2.45) is 11.8 Å². The van der Waals surface area contributed by atoms with Crippen molar-refractivity contribution in [3.05, 3.63) is 65.0 Å². The van der Waals surface area contributed by atoms with Gasteiger partial charge in [0.05, 0.1) is 16.4 Å². The fourth-order valence-corrected chi connectivity index (χ4v) is 10.8. The molecule has 0 spiro atoms. The van der Waals surface area contributed by atoms with E-state index in [0.29, 0.717) is 6.92 Å². The Hall–Kier alpha value is -2.54. The lowest BCUT2D eigenvalue weighted by Crippen LogP contribution is -2.48. The molecule has 1 heterocycles. The van der Waals surface area contributed by atoms with Crippen LogP contribution in [0.1, 0.15) is 49.3 Å². The third-order valence-corrected chi connectivity index (χ3v) is 13.1. The van der Waals surface area contributed by atoms with Crippen molar-refractivity contribution in [1.82, 2.24) is 5.32 Å². The van der Waals surface area contributed by atoms with Crippen LogP contribution >= 0.6 is 0 Å². The first-order valence-corrected chi connectivity index (χ1v) is 16.2. The van der Waals surface area contributed by atoms with Gasteiger partial charge in [0.1, 0.15) is 10.6 Å². The largest absolute Gasteiger partial charge is 0.426 e. The first kappa shape index (κ1) is 29.0. The second kappa shape index (κ2) is 9.50. The highest BCUT2D eigenvalue weighted by Crippen LogP contribution is 2.59. The van der Waals surface area contributed by atoms with E-state index in [4.69, 9.17) is 0 Å². The van der Waals surface area contributed by atoms with Crippen LogP contribution in [0.2, 0.25) is 0 Å². The van der Waals surface area contributed by atoms with Crippen LogP contribution in [0.25, 0.3) is 0 Å². The van der Waals surface area contributed by atoms with Gasteiger partial charge in [-0.15, -0.1) is 0 Å². The fraction of sp³-hybridized carbons (Fsp3) is 0.519. The van der Waals surface area contributed by atoms with Crippen LogP contribution < -0.4 is 5.32 Å². The van der Waals surface area contributed by atoms with Crippen molar-refractivity contribution < 1.29 is 43.6 Å². The maximum atomic E-state index is 14.8. The standard InChI is InChI=1S/C27H28F5NO5S2/c1-25(29,27(30,31)32)17-3-9-22-16(14-17)2-8-23-21(24(34)33-19-11-13-39(35,36)15-19)10-12-26(22,23)40(37,38)20-6-4-18(28)5-7-20/h3-7,9,14,19,21,23H,2,8,10-13,15H2,1H3,(H,33,34)/t19?,21-,23+,25?,26-/m1/s1. The van der Waals surface area contributed by atoms with Gasteiger partial charge in [0, 0.05) is 12.0 Å². The maximum Gasteiger partial charge on any atom is 0.426 e. The zero-order valence-corrected chi connectivity index (χ0v) is 23.1. The fourth-order valence-electron chi connectivity index (χ4n) is 6.66. The summed E-state index contributed by atoms with van der Waals surface area (Å²) in [6, 6.07) is 6.81. The van der Waals surface area contributed by atoms with Gasteiger partial charge in [-0.3, -0.25) is 4.79 Å². The lowest BCUT2D eigenvalue weighted by atomic mass is 9.72. The van der Waals surface area contributed by atoms with Crippen molar-refractivity contribution in [3.63, 3.8) is 0 Å². The molecule has 2 aromatic carbocycles. The Balaban J connectivity index is 1.60. The smallest absolute Gasteiger partial charge is 0.352 e. The number of fused-ring (bicyclic) bond motifs is 3. The summed E-state index contributed by atoms with van der Waals surface area (Å²) in [6.07, 6.45) is -4.63. The monoisotopic (exact) mass is 605 g/mol. The van der Waals surface area contributed by atoms with Crippen LogP contribution in [0, 0.1) is 17.7 Å². The normalized spacial score (nSPS) is 29.3. The van der Waals surface area contributed by atoms with Gasteiger partial charge in [-0.25, -0.2) is 25.6 Å². The number of hydrogen-bond acceptors (Lipinski definition) is 5. The third kappa shape index (κ3) is 4.53. The number of rotatable bonds is 5. The molecule has 1 aliphatic heterocycles. The SMILES string of the molecule is CC(F)(c1ccc2c(c1)CC[C@H]1[C@H](C(=O)NC3CCS(=O)(=O)C3)CC[C@@]21S(=O)(=O)c1ccc(F)cc1)C(F)(F)F. The number of halogens is 5. The number of nitrogens with one attached hydrogen (secondary N) is 1. The first-order chi connectivity index (χ1) is 18.5. The van der Waals surface area contributed by atoms with Gasteiger partial charge in [0.2, 0.25) is 11.6 Å². The van der Waals surface area contributed by atoms with Gasteiger partial charge in [0.25, 0.3) is 0 Å². The summed E-state index contributed by atoms with van der Waals surface area (Å²) in [5, 5.41) is 2.76. The van der Waals surface area contributed by atoms with Gasteiger partial charge in [-0.1, -0.05) is 18.2 Å². The highest BCUT2D eigenvalue weighted by molar-refractivity contribution is 7.92. The van der Waals surface area contributed by atoms with E-state index in [1.165, 1.54) is 6.07 Å². The summed E-state index contributed by atoms with van der Waals surface area (Å²) in [7, 11) is -7.62. The topological polar surface area (TPSA) is 97.4 Å². The Morgan fingerprint density at radius 1 is 1.02 bits per heavy atom. The van der Waals surface area contributed by atoms with E-state index >= 15 is 0 Å². The minimum absolute atomic E-state index is 0.0447. The molecule has 2 fully saturated rings. The predicted octanol–water partition coefficient (Wildman–Crippen LogP) is 4.52. The summed E-state index contributed by atoms with van der Waals surface area (Å²) in [5.41, 5.74) is -3.87. The molecule has 0 radical (unpaired) electrons. The molecule has 0 aromatic heterocycles. The van der Waals surface area contributed by atoms with Crippen LogP contribution in [0.4, 0.5) is 22.0 Å². The van der Waals surface area contributed by atoms with Crippen LogP contribution in [-0.2, 0) is 41.3 Å².